The summed E-state index contributed by atoms with van der Waals surface area (Å²) in [6.07, 6.45) is 2.58. The number of nitrogens with one attached hydrogen (secondary N) is 2. The number of anilines is 2. The summed E-state index contributed by atoms with van der Waals surface area (Å²) in [7, 11) is 4.11. The van der Waals surface area contributed by atoms with Crippen LogP contribution >= 0.6 is 0 Å². The van der Waals surface area contributed by atoms with Crippen molar-refractivity contribution in [1.29, 1.82) is 0 Å². The summed E-state index contributed by atoms with van der Waals surface area (Å²) in [5.74, 6) is 0.533. The monoisotopic (exact) mass is 438 g/mol. The highest BCUT2D eigenvalue weighted by Gasteiger charge is 2.23. The van der Waals surface area contributed by atoms with E-state index in [2.05, 4.69) is 47.4 Å². The Morgan fingerprint density at radius 3 is 2.66 bits per heavy atom. The Hall–Kier alpha value is -2.95. The van der Waals surface area contributed by atoms with Gasteiger partial charge in [0.15, 0.2) is 12.0 Å². The van der Waals surface area contributed by atoms with Gasteiger partial charge in [-0.2, -0.15) is 4.98 Å². The fourth-order valence-electron chi connectivity index (χ4n) is 3.95. The van der Waals surface area contributed by atoms with Crippen LogP contribution < -0.4 is 21.1 Å². The van der Waals surface area contributed by atoms with Crippen LogP contribution in [0.5, 0.6) is 0 Å². The summed E-state index contributed by atoms with van der Waals surface area (Å²) in [5.41, 5.74) is 1.27. The molecule has 1 unspecified atom stereocenters. The number of benzene rings is 1. The van der Waals surface area contributed by atoms with E-state index >= 15 is 0 Å². The summed E-state index contributed by atoms with van der Waals surface area (Å²) < 4.78 is 0. The van der Waals surface area contributed by atoms with E-state index in [4.69, 9.17) is 0 Å². The molecule has 4 rings (SSSR count). The van der Waals surface area contributed by atoms with Crippen molar-refractivity contribution in [2.75, 3.05) is 37.4 Å². The van der Waals surface area contributed by atoms with Crippen LogP contribution in [-0.4, -0.2) is 75.6 Å². The number of aliphatic hydroxyl groups is 1. The molecule has 1 aromatic carbocycles. The maximum atomic E-state index is 12.8. The first kappa shape index (κ1) is 22.3. The molecule has 2 aromatic heterocycles. The third kappa shape index (κ3) is 4.77. The average Bonchev–Trinajstić information content (AvgIpc) is 2.89. The molecule has 0 bridgehead atoms. The second kappa shape index (κ2) is 9.27. The number of hydrogen-bond acceptors (Lipinski definition) is 10. The van der Waals surface area contributed by atoms with Crippen LogP contribution in [0, 0.1) is 0 Å². The first-order valence-electron chi connectivity index (χ1n) is 10.9. The lowest BCUT2D eigenvalue weighted by atomic mass is 10.0. The minimum Gasteiger partial charge on any atom is -0.361 e. The van der Waals surface area contributed by atoms with Gasteiger partial charge in [-0.05, 0) is 59.0 Å². The fraction of sp³-hybridized carbons (Fsp3) is 0.500. The predicted octanol–water partition coefficient (Wildman–Crippen LogP) is 1.15. The SMILES string of the molecule is CC(C)NC(O)Nc1cccc2nc(=O)c3cnc(N(C)C4CCN(C)CC4)nc3nc12. The topological polar surface area (TPSA) is 119 Å². The number of hydrogen-bond donors (Lipinski definition) is 3. The van der Waals surface area contributed by atoms with Gasteiger partial charge in [0.1, 0.15) is 10.9 Å². The van der Waals surface area contributed by atoms with Gasteiger partial charge in [-0.15, -0.1) is 0 Å². The van der Waals surface area contributed by atoms with Crippen molar-refractivity contribution in [2.45, 2.75) is 45.1 Å². The van der Waals surface area contributed by atoms with Gasteiger partial charge in [-0.3, -0.25) is 10.1 Å². The van der Waals surface area contributed by atoms with Gasteiger partial charge in [0.05, 0.1) is 11.2 Å². The number of rotatable bonds is 6. The Morgan fingerprint density at radius 1 is 1.19 bits per heavy atom. The van der Waals surface area contributed by atoms with Gasteiger partial charge in [-0.25, -0.2) is 15.0 Å². The number of likely N-dealkylation sites (tertiary alicyclic amines) is 1. The van der Waals surface area contributed by atoms with Gasteiger partial charge in [0.2, 0.25) is 5.95 Å². The third-order valence-corrected chi connectivity index (χ3v) is 5.78. The Bertz CT molecular complexity index is 1160. The molecule has 0 saturated carbocycles. The molecule has 10 nitrogen and oxygen atoms in total. The smallest absolute Gasteiger partial charge is 0.283 e. The quantitative estimate of drug-likeness (QED) is 0.484. The minimum atomic E-state index is -0.980. The van der Waals surface area contributed by atoms with Crippen LogP contribution in [0.25, 0.3) is 22.1 Å². The average molecular weight is 439 g/mol. The standard InChI is InChI=1S/C22H30N8O2/c1-13(2)24-22(32)26-17-7-5-6-16-18(17)27-19-15(20(31)25-16)12-23-21(28-19)30(4)14-8-10-29(3)11-9-14/h5-7,12-14,22,24,26,32H,8-11H2,1-4H3. The molecular weight excluding hydrogens is 408 g/mol. The van der Waals surface area contributed by atoms with E-state index in [-0.39, 0.29) is 17.1 Å². The number of para-hydroxylation sites is 1. The zero-order chi connectivity index (χ0) is 22.8. The largest absolute Gasteiger partial charge is 0.361 e. The van der Waals surface area contributed by atoms with Crippen molar-refractivity contribution in [3.05, 3.63) is 34.7 Å². The van der Waals surface area contributed by atoms with Gasteiger partial charge in [-0.1, -0.05) is 6.07 Å². The summed E-state index contributed by atoms with van der Waals surface area (Å²) in [4.78, 5) is 35.1. The zero-order valence-electron chi connectivity index (χ0n) is 18.9. The molecule has 1 fully saturated rings. The Balaban J connectivity index is 1.76. The molecule has 0 spiro atoms. The summed E-state index contributed by atoms with van der Waals surface area (Å²) in [6, 6.07) is 5.67. The third-order valence-electron chi connectivity index (χ3n) is 5.78. The van der Waals surface area contributed by atoms with E-state index < -0.39 is 11.9 Å². The van der Waals surface area contributed by atoms with Crippen LogP contribution in [-0.2, 0) is 0 Å². The fourth-order valence-corrected chi connectivity index (χ4v) is 3.95. The van der Waals surface area contributed by atoms with Crippen molar-refractivity contribution in [3.8, 4) is 0 Å². The van der Waals surface area contributed by atoms with Gasteiger partial charge in [0, 0.05) is 25.3 Å². The summed E-state index contributed by atoms with van der Waals surface area (Å²) in [6.45, 7) is 5.92. The number of nitrogens with zero attached hydrogens (tertiary/aromatic N) is 6. The second-order valence-corrected chi connectivity index (χ2v) is 8.62. The normalized spacial score (nSPS) is 16.6. The Morgan fingerprint density at radius 2 is 1.94 bits per heavy atom. The number of piperidine rings is 1. The maximum absolute atomic E-state index is 12.8. The van der Waals surface area contributed by atoms with E-state index in [0.717, 1.165) is 25.9 Å². The molecular formula is C22H30N8O2. The van der Waals surface area contributed by atoms with Crippen LogP contribution in [0.15, 0.2) is 29.2 Å². The van der Waals surface area contributed by atoms with E-state index in [0.29, 0.717) is 28.7 Å². The first-order chi connectivity index (χ1) is 15.3. The molecule has 0 aliphatic carbocycles. The molecule has 3 N–H and O–H groups in total. The Labute approximate surface area is 186 Å². The van der Waals surface area contributed by atoms with Crippen molar-refractivity contribution in [1.82, 2.24) is 30.2 Å². The van der Waals surface area contributed by atoms with Crippen molar-refractivity contribution >= 4 is 33.7 Å². The van der Waals surface area contributed by atoms with Gasteiger partial charge < -0.3 is 20.2 Å². The van der Waals surface area contributed by atoms with Crippen LogP contribution in [0.3, 0.4) is 0 Å². The van der Waals surface area contributed by atoms with E-state index in [1.807, 2.05) is 20.9 Å². The van der Waals surface area contributed by atoms with Crippen LogP contribution in [0.1, 0.15) is 26.7 Å². The summed E-state index contributed by atoms with van der Waals surface area (Å²) in [5, 5.41) is 16.5. The molecule has 0 amide bonds. The predicted molar refractivity (Wildman–Crippen MR) is 126 cm³/mol. The van der Waals surface area contributed by atoms with Gasteiger partial charge >= 0.3 is 0 Å². The van der Waals surface area contributed by atoms with Gasteiger partial charge in [0.25, 0.3) is 5.56 Å². The summed E-state index contributed by atoms with van der Waals surface area (Å²) >= 11 is 0. The second-order valence-electron chi connectivity index (χ2n) is 8.62. The molecule has 10 heteroatoms. The number of aromatic nitrogens is 4. The molecule has 0 radical (unpaired) electrons. The van der Waals surface area contributed by atoms with Crippen molar-refractivity contribution in [2.24, 2.45) is 0 Å². The zero-order valence-corrected chi connectivity index (χ0v) is 18.9. The lowest BCUT2D eigenvalue weighted by Gasteiger charge is -2.35. The van der Waals surface area contributed by atoms with E-state index in [9.17, 15) is 9.90 Å². The molecule has 3 aromatic rings. The first-order valence-corrected chi connectivity index (χ1v) is 10.9. The molecule has 32 heavy (non-hydrogen) atoms. The maximum Gasteiger partial charge on any atom is 0.283 e. The van der Waals surface area contributed by atoms with Crippen LogP contribution in [0.4, 0.5) is 11.6 Å². The Kier molecular flexibility index (Phi) is 6.45. The van der Waals surface area contributed by atoms with Crippen LogP contribution in [0.2, 0.25) is 0 Å². The molecule has 1 aliphatic rings. The number of fused-ring (bicyclic) bond motifs is 2. The van der Waals surface area contributed by atoms with Crippen molar-refractivity contribution in [3.63, 3.8) is 0 Å². The van der Waals surface area contributed by atoms with Crippen molar-refractivity contribution < 1.29 is 5.11 Å². The molecule has 1 aliphatic heterocycles. The van der Waals surface area contributed by atoms with E-state index in [1.165, 1.54) is 6.20 Å². The highest BCUT2D eigenvalue weighted by molar-refractivity contribution is 5.90. The minimum absolute atomic E-state index is 0.0779. The lowest BCUT2D eigenvalue weighted by molar-refractivity contribution is 0.155. The molecule has 3 heterocycles. The molecule has 1 saturated heterocycles. The van der Waals surface area contributed by atoms with E-state index in [1.54, 1.807) is 18.2 Å². The number of aliphatic hydroxyl groups excluding tert-OH is 1. The highest BCUT2D eigenvalue weighted by Crippen LogP contribution is 2.22. The highest BCUT2D eigenvalue weighted by atomic mass is 16.3. The molecule has 1 atom stereocenters. The lowest BCUT2D eigenvalue weighted by Crippen LogP contribution is -2.42. The molecule has 170 valence electrons.